The van der Waals surface area contributed by atoms with Gasteiger partial charge in [0.25, 0.3) is 0 Å². The second-order valence-corrected chi connectivity index (χ2v) is 7.89. The number of anilines is 1. The van der Waals surface area contributed by atoms with Crippen LogP contribution in [0.1, 0.15) is 34.7 Å². The van der Waals surface area contributed by atoms with Crippen LogP contribution in [0.5, 0.6) is 0 Å². The highest BCUT2D eigenvalue weighted by atomic mass is 19.2. The fraction of sp³-hybridized carbons (Fsp3) is 0.348. The van der Waals surface area contributed by atoms with E-state index in [1.807, 2.05) is 20.0 Å². The van der Waals surface area contributed by atoms with E-state index in [1.165, 1.54) is 13.2 Å². The topological polar surface area (TPSA) is 80.5 Å². The second kappa shape index (κ2) is 8.66. The Morgan fingerprint density at radius 3 is 2.72 bits per heavy atom. The molecule has 7 nitrogen and oxygen atoms in total. The van der Waals surface area contributed by atoms with E-state index in [9.17, 15) is 13.6 Å². The third-order valence-electron chi connectivity index (χ3n) is 5.93. The molecule has 0 amide bonds. The van der Waals surface area contributed by atoms with E-state index in [1.54, 1.807) is 12.3 Å². The van der Waals surface area contributed by atoms with Gasteiger partial charge in [0.15, 0.2) is 11.6 Å². The van der Waals surface area contributed by atoms with Crippen molar-refractivity contribution >= 4 is 11.7 Å². The molecule has 2 aromatic heterocycles. The number of aryl methyl sites for hydroxylation is 1. The molecule has 32 heavy (non-hydrogen) atoms. The van der Waals surface area contributed by atoms with Crippen LogP contribution in [-0.2, 0) is 10.3 Å². The minimum absolute atomic E-state index is 0.297. The summed E-state index contributed by atoms with van der Waals surface area (Å²) < 4.78 is 37.4. The average Bonchev–Trinajstić information content (AvgIpc) is 3.27. The fourth-order valence-electron chi connectivity index (χ4n) is 4.18. The van der Waals surface area contributed by atoms with E-state index in [4.69, 9.17) is 9.26 Å². The summed E-state index contributed by atoms with van der Waals surface area (Å²) in [4.78, 5) is 19.1. The third-order valence-corrected chi connectivity index (χ3v) is 5.93. The Kier molecular flexibility index (Phi) is 5.92. The quantitative estimate of drug-likeness (QED) is 0.602. The molecule has 168 valence electrons. The first-order valence-electron chi connectivity index (χ1n) is 10.3. The van der Waals surface area contributed by atoms with Crippen LogP contribution in [0.15, 0.2) is 41.1 Å². The van der Waals surface area contributed by atoms with E-state index in [0.717, 1.165) is 36.4 Å². The maximum atomic E-state index is 13.7. The highest BCUT2D eigenvalue weighted by molar-refractivity contribution is 5.97. The lowest BCUT2D eigenvalue weighted by Crippen LogP contribution is -2.54. The number of piperidine rings is 1. The Morgan fingerprint density at radius 1 is 1.25 bits per heavy atom. The monoisotopic (exact) mass is 442 g/mol. The molecule has 1 saturated heterocycles. The van der Waals surface area contributed by atoms with Crippen LogP contribution in [0.25, 0.3) is 11.3 Å². The molecule has 3 heterocycles. The van der Waals surface area contributed by atoms with Crippen molar-refractivity contribution in [3.8, 4) is 11.3 Å². The molecular formula is C23H24F2N4O3. The molecule has 1 atom stereocenters. The molecular weight excluding hydrogens is 418 g/mol. The zero-order valence-electron chi connectivity index (χ0n) is 18.1. The number of ether oxygens (including phenoxy) is 1. The van der Waals surface area contributed by atoms with Crippen LogP contribution >= 0.6 is 0 Å². The molecule has 1 aromatic carbocycles. The average molecular weight is 442 g/mol. The number of hydrogen-bond donors (Lipinski definition) is 1. The first kappa shape index (κ1) is 21.9. The van der Waals surface area contributed by atoms with Gasteiger partial charge in [0.05, 0.1) is 35.8 Å². The summed E-state index contributed by atoms with van der Waals surface area (Å²) in [5, 5.41) is 7.60. The Hall–Kier alpha value is -3.33. The van der Waals surface area contributed by atoms with E-state index in [2.05, 4.69) is 20.4 Å². The van der Waals surface area contributed by atoms with Gasteiger partial charge in [0.2, 0.25) is 0 Å². The second-order valence-electron chi connectivity index (χ2n) is 7.89. The molecule has 1 aliphatic rings. The van der Waals surface area contributed by atoms with Crippen molar-refractivity contribution < 1.29 is 22.8 Å². The van der Waals surface area contributed by atoms with Crippen molar-refractivity contribution in [2.45, 2.75) is 25.3 Å². The van der Waals surface area contributed by atoms with Gasteiger partial charge in [-0.3, -0.25) is 4.98 Å². The number of nitrogens with one attached hydrogen (secondary N) is 1. The third kappa shape index (κ3) is 3.95. The van der Waals surface area contributed by atoms with Gasteiger partial charge in [0.1, 0.15) is 11.5 Å². The van der Waals surface area contributed by atoms with E-state index in [-0.39, 0.29) is 0 Å². The van der Waals surface area contributed by atoms with Crippen molar-refractivity contribution in [2.24, 2.45) is 0 Å². The number of aromatic nitrogens is 2. The van der Waals surface area contributed by atoms with E-state index >= 15 is 0 Å². The van der Waals surface area contributed by atoms with Gasteiger partial charge >= 0.3 is 5.97 Å². The molecule has 0 bridgehead atoms. The molecule has 0 saturated carbocycles. The van der Waals surface area contributed by atoms with Gasteiger partial charge < -0.3 is 19.5 Å². The minimum atomic E-state index is -0.981. The summed E-state index contributed by atoms with van der Waals surface area (Å²) in [7, 11) is 3.18. The molecule has 0 spiro atoms. The summed E-state index contributed by atoms with van der Waals surface area (Å²) in [6.07, 6.45) is 3.26. The van der Waals surface area contributed by atoms with Gasteiger partial charge in [-0.15, -0.1) is 0 Å². The highest BCUT2D eigenvalue weighted by Crippen LogP contribution is 2.35. The van der Waals surface area contributed by atoms with Gasteiger partial charge in [0, 0.05) is 24.7 Å². The molecule has 9 heteroatoms. The number of carbonyl (C=O) groups is 1. The predicted molar refractivity (Wildman–Crippen MR) is 114 cm³/mol. The number of esters is 1. The number of likely N-dealkylation sites (N-methyl/N-ethyl adjacent to an activating group) is 1. The minimum Gasteiger partial charge on any atom is -0.465 e. The van der Waals surface area contributed by atoms with Gasteiger partial charge in [-0.1, -0.05) is 5.16 Å². The molecule has 1 aliphatic heterocycles. The number of nitrogens with zero attached hydrogens (tertiary/aromatic N) is 3. The zero-order chi connectivity index (χ0) is 22.9. The van der Waals surface area contributed by atoms with Crippen molar-refractivity contribution in [1.29, 1.82) is 0 Å². The van der Waals surface area contributed by atoms with Crippen LogP contribution in [-0.4, -0.2) is 43.4 Å². The molecule has 1 N–H and O–H groups in total. The number of benzene rings is 1. The van der Waals surface area contributed by atoms with Crippen LogP contribution in [0.3, 0.4) is 0 Å². The lowest BCUT2D eigenvalue weighted by Gasteiger charge is -2.42. The zero-order valence-corrected chi connectivity index (χ0v) is 18.1. The normalized spacial score (nSPS) is 18.6. The lowest BCUT2D eigenvalue weighted by molar-refractivity contribution is 0.0601. The predicted octanol–water partition coefficient (Wildman–Crippen LogP) is 3.82. The smallest absolute Gasteiger partial charge is 0.340 e. The van der Waals surface area contributed by atoms with Gasteiger partial charge in [-0.25, -0.2) is 13.6 Å². The number of rotatable bonds is 5. The first-order chi connectivity index (χ1) is 15.4. The fourth-order valence-corrected chi connectivity index (χ4v) is 4.18. The molecule has 1 fully saturated rings. The summed E-state index contributed by atoms with van der Waals surface area (Å²) in [6.45, 7) is 3.08. The maximum absolute atomic E-state index is 13.7. The number of carbonyl (C=O) groups excluding carboxylic acids is 1. The molecule has 3 aromatic rings. The van der Waals surface area contributed by atoms with E-state index in [0.29, 0.717) is 35.6 Å². The van der Waals surface area contributed by atoms with Gasteiger partial charge in [-0.05, 0) is 51.1 Å². The maximum Gasteiger partial charge on any atom is 0.340 e. The number of hydrogen-bond acceptors (Lipinski definition) is 7. The van der Waals surface area contributed by atoms with Crippen molar-refractivity contribution in [1.82, 2.24) is 15.5 Å². The summed E-state index contributed by atoms with van der Waals surface area (Å²) in [6, 6.07) is 6.96. The summed E-state index contributed by atoms with van der Waals surface area (Å²) in [5.41, 5.74) is 1.95. The van der Waals surface area contributed by atoms with Crippen LogP contribution in [0.4, 0.5) is 14.5 Å². The standard InChI is InChI=1S/C23H24F2N4O3/c1-14-9-21(28-32-14)23(26-2)7-4-8-29(13-23)20-12-27-19(11-16(20)22(30)31-3)15-5-6-17(24)18(25)10-15/h5-6,9-12,26H,4,7-8,13H2,1-3H3. The Balaban J connectivity index is 1.73. The number of methoxy groups -OCH3 is 1. The summed E-state index contributed by atoms with van der Waals surface area (Å²) >= 11 is 0. The SMILES string of the molecule is CNC1(c2cc(C)on2)CCCN(c2cnc(-c3ccc(F)c(F)c3)cc2C(=O)OC)C1. The molecule has 0 radical (unpaired) electrons. The molecule has 1 unspecified atom stereocenters. The van der Waals surface area contributed by atoms with Crippen LogP contribution in [0, 0.1) is 18.6 Å². The molecule has 0 aliphatic carbocycles. The van der Waals surface area contributed by atoms with Gasteiger partial charge in [-0.2, -0.15) is 0 Å². The summed E-state index contributed by atoms with van der Waals surface area (Å²) in [5.74, 6) is -1.74. The first-order valence-corrected chi connectivity index (χ1v) is 10.3. The number of pyridine rings is 1. The van der Waals surface area contributed by atoms with Crippen LogP contribution in [0.2, 0.25) is 0 Å². The lowest BCUT2D eigenvalue weighted by atomic mass is 9.85. The largest absolute Gasteiger partial charge is 0.465 e. The van der Waals surface area contributed by atoms with E-state index < -0.39 is 23.1 Å². The Bertz CT molecular complexity index is 1150. The number of halogens is 2. The van der Waals surface area contributed by atoms with Crippen molar-refractivity contribution in [3.05, 3.63) is 65.2 Å². The van der Waals surface area contributed by atoms with Crippen molar-refractivity contribution in [2.75, 3.05) is 32.1 Å². The highest BCUT2D eigenvalue weighted by Gasteiger charge is 2.39. The van der Waals surface area contributed by atoms with Crippen LogP contribution < -0.4 is 10.2 Å². The Labute approximate surface area is 184 Å². The molecule has 4 rings (SSSR count). The van der Waals surface area contributed by atoms with Crippen molar-refractivity contribution in [3.63, 3.8) is 0 Å². The Morgan fingerprint density at radius 2 is 2.06 bits per heavy atom.